The Kier molecular flexibility index (Phi) is 5.70. The second-order valence-corrected chi connectivity index (χ2v) is 6.13. The number of carbonyl (C=O) groups is 1. The molecule has 3 N–H and O–H groups in total. The highest BCUT2D eigenvalue weighted by Crippen LogP contribution is 2.26. The van der Waals surface area contributed by atoms with Gasteiger partial charge in [0.2, 0.25) is 0 Å². The van der Waals surface area contributed by atoms with Crippen LogP contribution in [0, 0.1) is 11.6 Å². The van der Waals surface area contributed by atoms with Crippen LogP contribution in [0.15, 0.2) is 42.6 Å². The van der Waals surface area contributed by atoms with Crippen molar-refractivity contribution >= 4 is 23.4 Å². The lowest BCUT2D eigenvalue weighted by Crippen LogP contribution is -2.08. The zero-order chi connectivity index (χ0) is 20.3. The van der Waals surface area contributed by atoms with Gasteiger partial charge in [-0.25, -0.2) is 23.5 Å². The summed E-state index contributed by atoms with van der Waals surface area (Å²) in [6, 6.07) is 8.06. The highest BCUT2D eigenvalue weighted by Gasteiger charge is 2.14. The van der Waals surface area contributed by atoms with E-state index in [4.69, 9.17) is 27.2 Å². The quantitative estimate of drug-likeness (QED) is 0.602. The first kappa shape index (κ1) is 19.5. The number of carboxylic acid groups (broad SMARTS) is 1. The minimum Gasteiger partial charge on any atom is -0.478 e. The summed E-state index contributed by atoms with van der Waals surface area (Å²) in [4.78, 5) is 19.3. The Labute approximate surface area is 163 Å². The van der Waals surface area contributed by atoms with E-state index in [2.05, 4.69) is 9.97 Å². The molecule has 28 heavy (non-hydrogen) atoms. The number of benzene rings is 2. The van der Waals surface area contributed by atoms with Crippen molar-refractivity contribution in [2.45, 2.75) is 6.42 Å². The van der Waals surface area contributed by atoms with E-state index in [1.165, 1.54) is 18.3 Å². The van der Waals surface area contributed by atoms with Crippen LogP contribution in [0.3, 0.4) is 0 Å². The van der Waals surface area contributed by atoms with Crippen LogP contribution in [0.4, 0.5) is 14.6 Å². The summed E-state index contributed by atoms with van der Waals surface area (Å²) in [6.07, 6.45) is 1.37. The summed E-state index contributed by atoms with van der Waals surface area (Å²) in [7, 11) is 0. The molecule has 9 heteroatoms. The maximum Gasteiger partial charge on any atom is 0.335 e. The van der Waals surface area contributed by atoms with E-state index < -0.39 is 17.6 Å². The van der Waals surface area contributed by atoms with E-state index in [1.54, 1.807) is 12.1 Å². The van der Waals surface area contributed by atoms with Crippen molar-refractivity contribution in [3.05, 3.63) is 70.4 Å². The molecule has 6 nitrogen and oxygen atoms in total. The van der Waals surface area contributed by atoms with Crippen LogP contribution in [0.5, 0.6) is 5.88 Å². The molecule has 0 amide bonds. The first-order valence-electron chi connectivity index (χ1n) is 8.08. The number of nitrogen functional groups attached to an aromatic ring is 1. The number of rotatable bonds is 6. The minimum atomic E-state index is -1.07. The molecule has 3 aromatic rings. The minimum absolute atomic E-state index is 0.00366. The molecule has 1 aromatic heterocycles. The average Bonchev–Trinajstić information content (AvgIpc) is 2.69. The van der Waals surface area contributed by atoms with Crippen molar-refractivity contribution in [1.29, 1.82) is 0 Å². The van der Waals surface area contributed by atoms with Crippen LogP contribution in [0.25, 0.3) is 11.3 Å². The molecule has 144 valence electrons. The summed E-state index contributed by atoms with van der Waals surface area (Å²) in [5.74, 6) is -2.45. The van der Waals surface area contributed by atoms with Crippen molar-refractivity contribution < 1.29 is 23.4 Å². The van der Waals surface area contributed by atoms with Gasteiger partial charge in [-0.2, -0.15) is 0 Å². The third-order valence-electron chi connectivity index (χ3n) is 3.90. The molecule has 0 fully saturated rings. The zero-order valence-corrected chi connectivity index (χ0v) is 15.1. The molecule has 0 atom stereocenters. The molecular formula is C19H14ClF2N3O3. The fourth-order valence-electron chi connectivity index (χ4n) is 2.49. The Morgan fingerprint density at radius 3 is 2.71 bits per heavy atom. The van der Waals surface area contributed by atoms with Crippen LogP contribution in [-0.4, -0.2) is 27.7 Å². The third-order valence-corrected chi connectivity index (χ3v) is 4.31. The van der Waals surface area contributed by atoms with Crippen LogP contribution >= 0.6 is 11.6 Å². The maximum atomic E-state index is 13.8. The normalized spacial score (nSPS) is 10.7. The number of hydrogen-bond acceptors (Lipinski definition) is 5. The van der Waals surface area contributed by atoms with Gasteiger partial charge in [-0.15, -0.1) is 0 Å². The van der Waals surface area contributed by atoms with Crippen molar-refractivity contribution in [2.75, 3.05) is 12.3 Å². The van der Waals surface area contributed by atoms with E-state index in [1.807, 2.05) is 0 Å². The molecule has 0 saturated carbocycles. The van der Waals surface area contributed by atoms with Gasteiger partial charge in [0.1, 0.15) is 11.6 Å². The van der Waals surface area contributed by atoms with Crippen molar-refractivity contribution in [3.8, 4) is 17.1 Å². The summed E-state index contributed by atoms with van der Waals surface area (Å²) < 4.78 is 32.8. The predicted molar refractivity (Wildman–Crippen MR) is 99.4 cm³/mol. The van der Waals surface area contributed by atoms with Gasteiger partial charge in [0.15, 0.2) is 5.82 Å². The zero-order valence-electron chi connectivity index (χ0n) is 14.3. The van der Waals surface area contributed by atoms with Crippen molar-refractivity contribution in [1.82, 2.24) is 9.97 Å². The lowest BCUT2D eigenvalue weighted by atomic mass is 10.1. The molecule has 0 bridgehead atoms. The first-order chi connectivity index (χ1) is 13.4. The van der Waals surface area contributed by atoms with Gasteiger partial charge in [-0.05, 0) is 24.3 Å². The Morgan fingerprint density at radius 2 is 1.96 bits per heavy atom. The highest BCUT2D eigenvalue weighted by atomic mass is 35.5. The maximum absolute atomic E-state index is 13.8. The molecule has 0 unspecified atom stereocenters. The van der Waals surface area contributed by atoms with Gasteiger partial charge in [0.25, 0.3) is 5.88 Å². The van der Waals surface area contributed by atoms with E-state index in [0.717, 1.165) is 12.1 Å². The Balaban J connectivity index is 1.79. The van der Waals surface area contributed by atoms with Gasteiger partial charge >= 0.3 is 5.97 Å². The number of aromatic nitrogens is 2. The number of nitrogens with two attached hydrogens (primary N) is 1. The monoisotopic (exact) mass is 405 g/mol. The molecule has 0 aliphatic rings. The third kappa shape index (κ3) is 4.17. The van der Waals surface area contributed by atoms with E-state index in [9.17, 15) is 13.6 Å². The largest absolute Gasteiger partial charge is 0.478 e. The van der Waals surface area contributed by atoms with Crippen LogP contribution in [0.2, 0.25) is 5.02 Å². The highest BCUT2D eigenvalue weighted by molar-refractivity contribution is 6.31. The van der Waals surface area contributed by atoms with Crippen LogP contribution < -0.4 is 10.5 Å². The summed E-state index contributed by atoms with van der Waals surface area (Å²) in [6.45, 7) is -0.0718. The molecule has 2 aromatic carbocycles. The fraction of sp³-hybridized carbons (Fsp3) is 0.105. The smallest absolute Gasteiger partial charge is 0.335 e. The van der Waals surface area contributed by atoms with E-state index in [-0.39, 0.29) is 40.9 Å². The predicted octanol–water partition coefficient (Wildman–Crippen LogP) is 3.98. The van der Waals surface area contributed by atoms with Gasteiger partial charge in [0, 0.05) is 17.5 Å². The summed E-state index contributed by atoms with van der Waals surface area (Å²) >= 11 is 5.79. The molecule has 0 saturated heterocycles. The number of ether oxygens (including phenoxy) is 1. The fourth-order valence-corrected chi connectivity index (χ4v) is 2.73. The molecular weight excluding hydrogens is 392 g/mol. The number of aromatic carboxylic acids is 1. The lowest BCUT2D eigenvalue weighted by Gasteiger charge is -2.11. The molecule has 1 heterocycles. The lowest BCUT2D eigenvalue weighted by molar-refractivity contribution is 0.0697. The molecule has 0 spiro atoms. The van der Waals surface area contributed by atoms with Crippen molar-refractivity contribution in [3.63, 3.8) is 0 Å². The SMILES string of the molecule is Nc1ncc(-c2cccc(C(=O)O)c2)nc1OCCc1c(F)ccc(F)c1Cl. The van der Waals surface area contributed by atoms with Gasteiger partial charge in [0.05, 0.1) is 29.1 Å². The Hall–Kier alpha value is -3.26. The van der Waals surface area contributed by atoms with Gasteiger partial charge in [-0.3, -0.25) is 0 Å². The van der Waals surface area contributed by atoms with Crippen LogP contribution in [-0.2, 0) is 6.42 Å². The van der Waals surface area contributed by atoms with Gasteiger partial charge in [-0.1, -0.05) is 23.7 Å². The van der Waals surface area contributed by atoms with E-state index in [0.29, 0.717) is 11.3 Å². The Bertz CT molecular complexity index is 1050. The van der Waals surface area contributed by atoms with Gasteiger partial charge < -0.3 is 15.6 Å². The molecule has 0 aliphatic heterocycles. The van der Waals surface area contributed by atoms with Crippen LogP contribution in [0.1, 0.15) is 15.9 Å². The molecule has 3 rings (SSSR count). The summed E-state index contributed by atoms with van der Waals surface area (Å²) in [5.41, 5.74) is 6.69. The first-order valence-corrected chi connectivity index (χ1v) is 8.46. The topological polar surface area (TPSA) is 98.3 Å². The van der Waals surface area contributed by atoms with E-state index >= 15 is 0 Å². The van der Waals surface area contributed by atoms with Crippen molar-refractivity contribution in [2.24, 2.45) is 0 Å². The number of nitrogens with zero attached hydrogens (tertiary/aromatic N) is 2. The molecule has 0 aliphatic carbocycles. The second-order valence-electron chi connectivity index (χ2n) is 5.75. The number of anilines is 1. The standard InChI is InChI=1S/C19H14ClF2N3O3/c20-16-12(13(21)4-5-14(16)22)6-7-28-18-17(23)24-9-15(25-18)10-2-1-3-11(8-10)19(26)27/h1-5,8-9H,6-7H2,(H2,23,24)(H,26,27). The number of carboxylic acids is 1. The average molecular weight is 406 g/mol. The second kappa shape index (κ2) is 8.18. The number of hydrogen-bond donors (Lipinski definition) is 2. The Morgan fingerprint density at radius 1 is 1.21 bits per heavy atom. The molecule has 0 radical (unpaired) electrons. The number of halogens is 3. The summed E-state index contributed by atoms with van der Waals surface area (Å²) in [5, 5.41) is 8.79.